The zero-order valence-corrected chi connectivity index (χ0v) is 16.0. The Bertz CT molecular complexity index is 642. The van der Waals surface area contributed by atoms with Crippen LogP contribution in [0.4, 0.5) is 0 Å². The summed E-state index contributed by atoms with van der Waals surface area (Å²) in [5.74, 6) is 0.173. The summed E-state index contributed by atoms with van der Waals surface area (Å²) in [4.78, 5) is 16.6. The molecule has 2 saturated heterocycles. The Kier molecular flexibility index (Phi) is 4.63. The van der Waals surface area contributed by atoms with Crippen LogP contribution in [0.5, 0.6) is 0 Å². The minimum absolute atomic E-state index is 0.128. The highest BCUT2D eigenvalue weighted by molar-refractivity contribution is 9.10. The molecule has 24 heavy (non-hydrogen) atoms. The zero-order valence-electron chi connectivity index (χ0n) is 13.6. The molecule has 1 aromatic rings. The number of likely N-dealkylation sites (tertiary alicyclic amines) is 1. The maximum atomic E-state index is 12.0. The van der Waals surface area contributed by atoms with Crippen molar-refractivity contribution in [2.24, 2.45) is 0 Å². The number of hydrogen-bond acceptors (Lipinski definition) is 3. The van der Waals surface area contributed by atoms with Crippen LogP contribution in [0.25, 0.3) is 0 Å². The molecule has 130 valence electrons. The Morgan fingerprint density at radius 1 is 1.29 bits per heavy atom. The van der Waals surface area contributed by atoms with Gasteiger partial charge in [0, 0.05) is 35.2 Å². The first-order valence-corrected chi connectivity index (χ1v) is 9.81. The van der Waals surface area contributed by atoms with Gasteiger partial charge in [-0.1, -0.05) is 33.6 Å². The molecule has 6 heteroatoms. The Balaban J connectivity index is 1.37. The average Bonchev–Trinajstić information content (AvgIpc) is 3.40. The predicted octanol–water partition coefficient (Wildman–Crippen LogP) is 3.46. The highest BCUT2D eigenvalue weighted by Gasteiger charge is 2.46. The van der Waals surface area contributed by atoms with E-state index < -0.39 is 0 Å². The molecular weight excluding hydrogens is 392 g/mol. The summed E-state index contributed by atoms with van der Waals surface area (Å²) < 4.78 is 7.02. The smallest absolute Gasteiger partial charge is 0.248 e. The largest absolute Gasteiger partial charge is 0.363 e. The van der Waals surface area contributed by atoms with E-state index in [-0.39, 0.29) is 18.1 Å². The SMILES string of the molecule is O=C1COC2(CCN(Cc3ccc(Br)cc3Cl)CC2)CN1C1CC1. The second-order valence-corrected chi connectivity index (χ2v) is 8.56. The van der Waals surface area contributed by atoms with Gasteiger partial charge in [-0.2, -0.15) is 0 Å². The quantitative estimate of drug-likeness (QED) is 0.761. The van der Waals surface area contributed by atoms with E-state index in [0.717, 1.165) is 66.9 Å². The summed E-state index contributed by atoms with van der Waals surface area (Å²) in [6.07, 6.45) is 4.29. The fraction of sp³-hybridized carbons (Fsp3) is 0.611. The number of carbonyl (C=O) groups excluding carboxylic acids is 1. The van der Waals surface area contributed by atoms with Crippen LogP contribution in [-0.4, -0.2) is 53.6 Å². The van der Waals surface area contributed by atoms with Gasteiger partial charge in [0.2, 0.25) is 5.91 Å². The topological polar surface area (TPSA) is 32.8 Å². The molecule has 1 aliphatic carbocycles. The lowest BCUT2D eigenvalue weighted by Gasteiger charge is -2.47. The fourth-order valence-corrected chi connectivity index (χ4v) is 4.51. The number of nitrogens with zero attached hydrogens (tertiary/aromatic N) is 2. The first-order chi connectivity index (χ1) is 11.5. The van der Waals surface area contributed by atoms with E-state index in [0.29, 0.717) is 6.04 Å². The van der Waals surface area contributed by atoms with E-state index in [9.17, 15) is 4.79 Å². The standard InChI is InChI=1S/C18H22BrClN2O2/c19-14-2-1-13(16(20)9-14)10-21-7-5-18(6-8-21)12-22(15-3-4-15)17(23)11-24-18/h1-2,9,15H,3-8,10-12H2. The van der Waals surface area contributed by atoms with Crippen molar-refractivity contribution >= 4 is 33.4 Å². The fourth-order valence-electron chi connectivity index (χ4n) is 3.77. The van der Waals surface area contributed by atoms with Gasteiger partial charge in [0.1, 0.15) is 6.61 Å². The third-order valence-electron chi connectivity index (χ3n) is 5.44. The molecule has 4 nitrogen and oxygen atoms in total. The lowest BCUT2D eigenvalue weighted by Crippen LogP contribution is -2.59. The third kappa shape index (κ3) is 3.50. The first-order valence-electron chi connectivity index (χ1n) is 8.64. The van der Waals surface area contributed by atoms with Crippen LogP contribution in [0.3, 0.4) is 0 Å². The highest BCUT2D eigenvalue weighted by atomic mass is 79.9. The molecule has 0 bridgehead atoms. The van der Waals surface area contributed by atoms with Gasteiger partial charge in [-0.15, -0.1) is 0 Å². The number of benzene rings is 1. The average molecular weight is 414 g/mol. The number of rotatable bonds is 3. The summed E-state index contributed by atoms with van der Waals surface area (Å²) in [7, 11) is 0. The van der Waals surface area contributed by atoms with Crippen LogP contribution in [-0.2, 0) is 16.1 Å². The van der Waals surface area contributed by atoms with E-state index in [4.69, 9.17) is 16.3 Å². The lowest BCUT2D eigenvalue weighted by molar-refractivity contribution is -0.172. The summed E-state index contributed by atoms with van der Waals surface area (Å²) in [6.45, 7) is 3.88. The second kappa shape index (κ2) is 6.60. The number of halogens is 2. The summed E-state index contributed by atoms with van der Waals surface area (Å²) in [6, 6.07) is 6.56. The van der Waals surface area contributed by atoms with Crippen LogP contribution in [0.1, 0.15) is 31.2 Å². The van der Waals surface area contributed by atoms with E-state index in [1.54, 1.807) is 0 Å². The Morgan fingerprint density at radius 3 is 2.71 bits per heavy atom. The summed E-state index contributed by atoms with van der Waals surface area (Å²) in [5, 5.41) is 0.809. The predicted molar refractivity (Wildman–Crippen MR) is 97.1 cm³/mol. The van der Waals surface area contributed by atoms with Gasteiger partial charge < -0.3 is 9.64 Å². The van der Waals surface area contributed by atoms with Gasteiger partial charge in [-0.25, -0.2) is 0 Å². The van der Waals surface area contributed by atoms with Crippen LogP contribution in [0.15, 0.2) is 22.7 Å². The van der Waals surface area contributed by atoms with Crippen molar-refractivity contribution in [3.05, 3.63) is 33.3 Å². The van der Waals surface area contributed by atoms with E-state index >= 15 is 0 Å². The molecule has 0 N–H and O–H groups in total. The monoisotopic (exact) mass is 412 g/mol. The Labute approximate surface area is 156 Å². The molecule has 0 aromatic heterocycles. The van der Waals surface area contributed by atoms with Crippen LogP contribution < -0.4 is 0 Å². The molecule has 3 fully saturated rings. The zero-order chi connectivity index (χ0) is 16.7. The minimum atomic E-state index is -0.128. The number of amides is 1. The van der Waals surface area contributed by atoms with Gasteiger partial charge in [0.05, 0.1) is 12.1 Å². The van der Waals surface area contributed by atoms with E-state index in [2.05, 4.69) is 31.8 Å². The molecule has 0 unspecified atom stereocenters. The van der Waals surface area contributed by atoms with Crippen molar-refractivity contribution in [1.29, 1.82) is 0 Å². The molecule has 0 atom stereocenters. The Morgan fingerprint density at radius 2 is 2.04 bits per heavy atom. The number of piperidine rings is 1. The molecule has 1 aromatic carbocycles. The van der Waals surface area contributed by atoms with Gasteiger partial charge in [0.15, 0.2) is 0 Å². The molecule has 3 aliphatic rings. The van der Waals surface area contributed by atoms with Crippen molar-refractivity contribution in [3.8, 4) is 0 Å². The van der Waals surface area contributed by atoms with Gasteiger partial charge in [0.25, 0.3) is 0 Å². The lowest BCUT2D eigenvalue weighted by atomic mass is 9.89. The van der Waals surface area contributed by atoms with Crippen molar-refractivity contribution in [3.63, 3.8) is 0 Å². The second-order valence-electron chi connectivity index (χ2n) is 7.24. The normalized spacial score (nSPS) is 24.6. The molecule has 2 heterocycles. The van der Waals surface area contributed by atoms with E-state index in [1.165, 1.54) is 0 Å². The first kappa shape index (κ1) is 16.8. The summed E-state index contributed by atoms with van der Waals surface area (Å²) in [5.41, 5.74) is 1.03. The van der Waals surface area contributed by atoms with Crippen molar-refractivity contribution in [2.45, 2.75) is 43.9 Å². The van der Waals surface area contributed by atoms with Crippen molar-refractivity contribution < 1.29 is 9.53 Å². The Hall–Kier alpha value is -0.620. The molecule has 1 saturated carbocycles. The molecular formula is C18H22BrClN2O2. The number of ether oxygens (including phenoxy) is 1. The maximum Gasteiger partial charge on any atom is 0.248 e. The molecule has 1 spiro atoms. The number of morpholine rings is 1. The third-order valence-corrected chi connectivity index (χ3v) is 6.29. The molecule has 0 radical (unpaired) electrons. The molecule has 2 aliphatic heterocycles. The van der Waals surface area contributed by atoms with Crippen molar-refractivity contribution in [1.82, 2.24) is 9.80 Å². The summed E-state index contributed by atoms with van der Waals surface area (Å²) >= 11 is 9.79. The minimum Gasteiger partial charge on any atom is -0.363 e. The van der Waals surface area contributed by atoms with Crippen LogP contribution in [0, 0.1) is 0 Å². The molecule has 4 rings (SSSR count). The van der Waals surface area contributed by atoms with Crippen molar-refractivity contribution in [2.75, 3.05) is 26.2 Å². The number of hydrogen-bond donors (Lipinski definition) is 0. The van der Waals surface area contributed by atoms with Crippen LogP contribution >= 0.6 is 27.5 Å². The van der Waals surface area contributed by atoms with E-state index in [1.807, 2.05) is 12.1 Å². The highest BCUT2D eigenvalue weighted by Crippen LogP contribution is 2.36. The number of carbonyl (C=O) groups is 1. The molecule has 1 amide bonds. The van der Waals surface area contributed by atoms with Crippen LogP contribution in [0.2, 0.25) is 5.02 Å². The van der Waals surface area contributed by atoms with Gasteiger partial charge >= 0.3 is 0 Å². The maximum absolute atomic E-state index is 12.0. The van der Waals surface area contributed by atoms with Gasteiger partial charge in [-0.05, 0) is 43.4 Å². The van der Waals surface area contributed by atoms with Gasteiger partial charge in [-0.3, -0.25) is 9.69 Å².